The van der Waals surface area contributed by atoms with Gasteiger partial charge in [-0.3, -0.25) is 4.79 Å². The Bertz CT molecular complexity index is 657. The second-order valence-corrected chi connectivity index (χ2v) is 4.08. The van der Waals surface area contributed by atoms with Crippen LogP contribution in [0.1, 0.15) is 6.92 Å². The number of carbonyl (C=O) groups is 1. The van der Waals surface area contributed by atoms with Gasteiger partial charge in [0.1, 0.15) is 0 Å². The van der Waals surface area contributed by atoms with E-state index in [1.807, 2.05) is 37.3 Å². The average Bonchev–Trinajstić information content (AvgIpc) is 2.85. The first-order valence-electron chi connectivity index (χ1n) is 6.14. The molecule has 0 atom stereocenters. The van der Waals surface area contributed by atoms with Gasteiger partial charge in [0.25, 0.3) is 0 Å². The second kappa shape index (κ2) is 6.42. The van der Waals surface area contributed by atoms with Gasteiger partial charge < -0.3 is 5.32 Å². The number of benzene rings is 1. The Labute approximate surface area is 116 Å². The summed E-state index contributed by atoms with van der Waals surface area (Å²) < 4.78 is 1.58. The van der Waals surface area contributed by atoms with Crippen molar-refractivity contribution in [3.05, 3.63) is 48.6 Å². The minimum absolute atomic E-state index is 0.184. The van der Waals surface area contributed by atoms with Crippen molar-refractivity contribution in [1.29, 1.82) is 0 Å². The van der Waals surface area contributed by atoms with Crippen molar-refractivity contribution < 1.29 is 4.79 Å². The Kier molecular flexibility index (Phi) is 4.39. The number of aryl methyl sites for hydroxylation is 1. The van der Waals surface area contributed by atoms with Crippen LogP contribution in [0.5, 0.6) is 0 Å². The maximum absolute atomic E-state index is 11.7. The zero-order valence-corrected chi connectivity index (χ0v) is 11.3. The van der Waals surface area contributed by atoms with Crippen LogP contribution in [0.25, 0.3) is 11.4 Å². The third kappa shape index (κ3) is 3.38. The van der Waals surface area contributed by atoms with Crippen molar-refractivity contribution >= 4 is 11.6 Å². The molecule has 0 radical (unpaired) electrons. The summed E-state index contributed by atoms with van der Waals surface area (Å²) in [6.07, 6.45) is 6.80. The maximum Gasteiger partial charge on any atom is 0.248 e. The van der Waals surface area contributed by atoms with E-state index < -0.39 is 0 Å². The van der Waals surface area contributed by atoms with Crippen molar-refractivity contribution in [2.24, 2.45) is 7.05 Å². The summed E-state index contributed by atoms with van der Waals surface area (Å²) >= 11 is 0. The standard InChI is InChI=1S/C14H15N5O/c1-3-4-5-9-13(20)15-12-8-6-7-11(10-12)14-16-17-18-19(14)2/h3-10H,1-2H3,(H,15,20). The Balaban J connectivity index is 2.15. The van der Waals surface area contributed by atoms with E-state index in [9.17, 15) is 4.79 Å². The van der Waals surface area contributed by atoms with Crippen LogP contribution >= 0.6 is 0 Å². The molecule has 1 amide bonds. The Morgan fingerprint density at radius 3 is 2.90 bits per heavy atom. The van der Waals surface area contributed by atoms with E-state index in [1.165, 1.54) is 6.08 Å². The highest BCUT2D eigenvalue weighted by Gasteiger charge is 2.06. The first-order valence-corrected chi connectivity index (χ1v) is 6.14. The smallest absolute Gasteiger partial charge is 0.248 e. The van der Waals surface area contributed by atoms with Crippen molar-refractivity contribution in [2.45, 2.75) is 6.92 Å². The molecule has 2 aromatic rings. The van der Waals surface area contributed by atoms with E-state index in [1.54, 1.807) is 23.9 Å². The molecule has 0 spiro atoms. The van der Waals surface area contributed by atoms with E-state index in [4.69, 9.17) is 0 Å². The lowest BCUT2D eigenvalue weighted by atomic mass is 10.2. The molecule has 0 saturated heterocycles. The topological polar surface area (TPSA) is 72.7 Å². The molecule has 0 aliphatic rings. The first-order chi connectivity index (χ1) is 9.70. The molecule has 6 nitrogen and oxygen atoms in total. The number of anilines is 1. The minimum atomic E-state index is -0.184. The van der Waals surface area contributed by atoms with Crippen LogP contribution in [0.2, 0.25) is 0 Å². The predicted octanol–water partition coefficient (Wildman–Crippen LogP) is 1.95. The summed E-state index contributed by atoms with van der Waals surface area (Å²) in [5.41, 5.74) is 1.54. The van der Waals surface area contributed by atoms with Gasteiger partial charge in [0, 0.05) is 24.4 Å². The number of carbonyl (C=O) groups excluding carboxylic acids is 1. The molecule has 1 aromatic carbocycles. The highest BCUT2D eigenvalue weighted by molar-refractivity contribution is 5.99. The summed E-state index contributed by atoms with van der Waals surface area (Å²) in [6.45, 7) is 1.89. The average molecular weight is 269 g/mol. The van der Waals surface area contributed by atoms with Gasteiger partial charge in [-0.25, -0.2) is 4.68 Å². The lowest BCUT2D eigenvalue weighted by Crippen LogP contribution is -2.07. The van der Waals surface area contributed by atoms with Crippen LogP contribution in [-0.2, 0) is 11.8 Å². The molecular formula is C14H15N5O. The van der Waals surface area contributed by atoms with Gasteiger partial charge in [0.2, 0.25) is 5.91 Å². The lowest BCUT2D eigenvalue weighted by molar-refractivity contribution is -0.111. The van der Waals surface area contributed by atoms with Gasteiger partial charge >= 0.3 is 0 Å². The summed E-state index contributed by atoms with van der Waals surface area (Å²) in [4.78, 5) is 11.7. The summed E-state index contributed by atoms with van der Waals surface area (Å²) in [5, 5.41) is 14.1. The number of tetrazole rings is 1. The van der Waals surface area contributed by atoms with Gasteiger partial charge in [0.05, 0.1) is 0 Å². The molecule has 0 saturated carbocycles. The third-order valence-electron chi connectivity index (χ3n) is 2.56. The molecule has 6 heteroatoms. The van der Waals surface area contributed by atoms with Gasteiger partial charge in [-0.15, -0.1) is 5.10 Å². The van der Waals surface area contributed by atoms with Gasteiger partial charge in [-0.05, 0) is 29.5 Å². The van der Waals surface area contributed by atoms with E-state index in [0.29, 0.717) is 11.5 Å². The highest BCUT2D eigenvalue weighted by atomic mass is 16.1. The van der Waals surface area contributed by atoms with Crippen molar-refractivity contribution in [3.8, 4) is 11.4 Å². The molecular weight excluding hydrogens is 254 g/mol. The fourth-order valence-electron chi connectivity index (χ4n) is 1.65. The number of hydrogen-bond acceptors (Lipinski definition) is 4. The molecule has 1 heterocycles. The normalized spacial score (nSPS) is 11.3. The molecule has 20 heavy (non-hydrogen) atoms. The van der Waals surface area contributed by atoms with Gasteiger partial charge in [-0.2, -0.15) is 0 Å². The van der Waals surface area contributed by atoms with Gasteiger partial charge in [0.15, 0.2) is 5.82 Å². The summed E-state index contributed by atoms with van der Waals surface area (Å²) in [6, 6.07) is 7.37. The second-order valence-electron chi connectivity index (χ2n) is 4.08. The zero-order chi connectivity index (χ0) is 14.4. The van der Waals surface area contributed by atoms with Crippen molar-refractivity contribution in [1.82, 2.24) is 20.2 Å². The molecule has 0 unspecified atom stereocenters. The van der Waals surface area contributed by atoms with Crippen molar-refractivity contribution in [3.63, 3.8) is 0 Å². The van der Waals surface area contributed by atoms with Crippen LogP contribution in [0, 0.1) is 0 Å². The summed E-state index contributed by atoms with van der Waals surface area (Å²) in [7, 11) is 1.76. The molecule has 0 fully saturated rings. The molecule has 1 aromatic heterocycles. The number of allylic oxidation sites excluding steroid dienone is 3. The summed E-state index contributed by atoms with van der Waals surface area (Å²) in [5.74, 6) is 0.460. The number of nitrogens with one attached hydrogen (secondary N) is 1. The number of rotatable bonds is 4. The third-order valence-corrected chi connectivity index (χ3v) is 2.56. The van der Waals surface area contributed by atoms with Crippen LogP contribution in [0.3, 0.4) is 0 Å². The first kappa shape index (κ1) is 13.7. The van der Waals surface area contributed by atoms with E-state index in [0.717, 1.165) is 5.56 Å². The van der Waals surface area contributed by atoms with Gasteiger partial charge in [-0.1, -0.05) is 30.4 Å². The molecule has 1 N–H and O–H groups in total. The molecule has 2 rings (SSSR count). The van der Waals surface area contributed by atoms with Crippen LogP contribution in [0.4, 0.5) is 5.69 Å². The number of aromatic nitrogens is 4. The molecule has 0 aliphatic heterocycles. The minimum Gasteiger partial charge on any atom is -0.322 e. The maximum atomic E-state index is 11.7. The fraction of sp³-hybridized carbons (Fsp3) is 0.143. The highest BCUT2D eigenvalue weighted by Crippen LogP contribution is 2.19. The number of amides is 1. The molecule has 102 valence electrons. The van der Waals surface area contributed by atoms with Crippen LogP contribution < -0.4 is 5.32 Å². The van der Waals surface area contributed by atoms with Crippen LogP contribution in [-0.4, -0.2) is 26.1 Å². The quantitative estimate of drug-likeness (QED) is 0.680. The SMILES string of the molecule is CC=CC=CC(=O)Nc1cccc(-c2nnnn2C)c1. The zero-order valence-electron chi connectivity index (χ0n) is 11.3. The largest absolute Gasteiger partial charge is 0.322 e. The molecule has 0 bridgehead atoms. The fourth-order valence-corrected chi connectivity index (χ4v) is 1.65. The van der Waals surface area contributed by atoms with E-state index >= 15 is 0 Å². The number of hydrogen-bond donors (Lipinski definition) is 1. The van der Waals surface area contributed by atoms with E-state index in [2.05, 4.69) is 20.8 Å². The van der Waals surface area contributed by atoms with Crippen molar-refractivity contribution in [2.75, 3.05) is 5.32 Å². The van der Waals surface area contributed by atoms with Crippen LogP contribution in [0.15, 0.2) is 48.6 Å². The number of nitrogens with zero attached hydrogens (tertiary/aromatic N) is 4. The Hall–Kier alpha value is -2.76. The Morgan fingerprint density at radius 1 is 1.35 bits per heavy atom. The van der Waals surface area contributed by atoms with E-state index in [-0.39, 0.29) is 5.91 Å². The lowest BCUT2D eigenvalue weighted by Gasteiger charge is -2.04. The monoisotopic (exact) mass is 269 g/mol. The predicted molar refractivity (Wildman–Crippen MR) is 76.8 cm³/mol. The molecule has 0 aliphatic carbocycles. The Morgan fingerprint density at radius 2 is 2.20 bits per heavy atom.